The molecule has 11 nitrogen and oxygen atoms in total. The molecule has 0 saturated heterocycles. The van der Waals surface area contributed by atoms with Crippen LogP contribution in [0.5, 0.6) is 5.88 Å². The number of ether oxygens (including phenoxy) is 1. The van der Waals surface area contributed by atoms with Crippen molar-refractivity contribution in [3.63, 3.8) is 0 Å². The lowest BCUT2D eigenvalue weighted by atomic mass is 10.0. The summed E-state index contributed by atoms with van der Waals surface area (Å²) < 4.78 is 20.0. The van der Waals surface area contributed by atoms with Gasteiger partial charge in [0.15, 0.2) is 11.6 Å². The van der Waals surface area contributed by atoms with Crippen molar-refractivity contribution in [3.05, 3.63) is 42.1 Å². The summed E-state index contributed by atoms with van der Waals surface area (Å²) in [4.78, 5) is 21.8. The minimum atomic E-state index is -0.835. The molecule has 170 valence electrons. The molecule has 0 aliphatic rings. The predicted molar refractivity (Wildman–Crippen MR) is 118 cm³/mol. The number of halogens is 1. The van der Waals surface area contributed by atoms with Crippen LogP contribution < -0.4 is 26.8 Å². The topological polar surface area (TPSA) is 159 Å². The van der Waals surface area contributed by atoms with Crippen LogP contribution in [-0.4, -0.2) is 50.1 Å². The molecule has 0 aromatic carbocycles. The number of anilines is 3. The first kappa shape index (κ1) is 22.9. The third kappa shape index (κ3) is 4.91. The average Bonchev–Trinajstić information content (AvgIpc) is 3.33. The van der Waals surface area contributed by atoms with Crippen molar-refractivity contribution < 1.29 is 13.9 Å². The first-order valence-corrected chi connectivity index (χ1v) is 10.1. The van der Waals surface area contributed by atoms with E-state index in [-0.39, 0.29) is 35.2 Å². The number of hydrogen-bond acceptors (Lipinski definition) is 9. The smallest absolute Gasteiger partial charge is 0.252 e. The number of pyridine rings is 2. The van der Waals surface area contributed by atoms with Gasteiger partial charge in [-0.05, 0) is 25.0 Å². The number of carbonyl (C=O) groups is 1. The summed E-state index contributed by atoms with van der Waals surface area (Å²) in [5.74, 6) is -1.23. The zero-order chi connectivity index (χ0) is 23.3. The van der Waals surface area contributed by atoms with E-state index in [2.05, 4.69) is 30.8 Å². The van der Waals surface area contributed by atoms with Gasteiger partial charge in [-0.1, -0.05) is 13.8 Å². The fourth-order valence-electron chi connectivity index (χ4n) is 3.13. The van der Waals surface area contributed by atoms with Crippen molar-refractivity contribution in [1.29, 1.82) is 0 Å². The molecule has 1 amide bonds. The number of nitrogens with zero attached hydrogens (tertiary/aromatic N) is 5. The number of nitrogens with one attached hydrogen (secondary N) is 2. The molecule has 2 unspecified atom stereocenters. The number of amides is 1. The second-order valence-corrected chi connectivity index (χ2v) is 7.01. The quantitative estimate of drug-likeness (QED) is 0.367. The van der Waals surface area contributed by atoms with Crippen LogP contribution in [0.4, 0.5) is 21.7 Å². The van der Waals surface area contributed by atoms with Gasteiger partial charge >= 0.3 is 0 Å². The van der Waals surface area contributed by atoms with E-state index in [1.165, 1.54) is 30.5 Å². The zero-order valence-corrected chi connectivity index (χ0v) is 18.0. The molecule has 0 saturated carbocycles. The maximum atomic E-state index is 14.7. The van der Waals surface area contributed by atoms with Crippen molar-refractivity contribution in [2.75, 3.05) is 17.7 Å². The largest absolute Gasteiger partial charge is 0.479 e. The van der Waals surface area contributed by atoms with E-state index in [9.17, 15) is 9.18 Å². The van der Waals surface area contributed by atoms with Crippen LogP contribution in [0.2, 0.25) is 0 Å². The van der Waals surface area contributed by atoms with Gasteiger partial charge in [0.2, 0.25) is 5.88 Å². The van der Waals surface area contributed by atoms with Crippen molar-refractivity contribution in [1.82, 2.24) is 25.0 Å². The molecule has 32 heavy (non-hydrogen) atoms. The van der Waals surface area contributed by atoms with Gasteiger partial charge < -0.3 is 26.8 Å². The van der Waals surface area contributed by atoms with E-state index >= 15 is 0 Å². The Morgan fingerprint density at radius 1 is 1.22 bits per heavy atom. The number of aromatic nitrogens is 5. The Hall–Kier alpha value is -3.80. The Bertz CT molecular complexity index is 1080. The van der Waals surface area contributed by atoms with E-state index < -0.39 is 11.7 Å². The molecule has 2 atom stereocenters. The highest BCUT2D eigenvalue weighted by Crippen LogP contribution is 2.27. The van der Waals surface area contributed by atoms with Crippen molar-refractivity contribution >= 4 is 23.2 Å². The molecule has 3 rings (SSSR count). The van der Waals surface area contributed by atoms with Gasteiger partial charge in [-0.15, -0.1) is 4.80 Å². The molecule has 0 radical (unpaired) electrons. The summed E-state index contributed by atoms with van der Waals surface area (Å²) in [5.41, 5.74) is 12.3. The van der Waals surface area contributed by atoms with Crippen LogP contribution in [0.1, 0.15) is 37.0 Å². The lowest BCUT2D eigenvalue weighted by molar-refractivity contribution is 0.100. The Morgan fingerprint density at radius 3 is 2.53 bits per heavy atom. The van der Waals surface area contributed by atoms with Crippen molar-refractivity contribution in [2.45, 2.75) is 38.8 Å². The minimum Gasteiger partial charge on any atom is -0.479 e. The van der Waals surface area contributed by atoms with Crippen LogP contribution in [-0.2, 0) is 0 Å². The monoisotopic (exact) mass is 443 g/mol. The van der Waals surface area contributed by atoms with Crippen LogP contribution >= 0.6 is 0 Å². The highest BCUT2D eigenvalue weighted by atomic mass is 19.1. The molecular weight excluding hydrogens is 417 g/mol. The molecule has 0 aliphatic heterocycles. The van der Waals surface area contributed by atoms with Gasteiger partial charge in [0.1, 0.15) is 11.5 Å². The average molecular weight is 443 g/mol. The summed E-state index contributed by atoms with van der Waals surface area (Å²) >= 11 is 0. The molecule has 3 heterocycles. The fourth-order valence-corrected chi connectivity index (χ4v) is 3.13. The molecule has 12 heteroatoms. The number of primary amides is 1. The van der Waals surface area contributed by atoms with Crippen molar-refractivity contribution in [3.8, 4) is 11.6 Å². The molecule has 0 fully saturated rings. The number of methoxy groups -OCH3 is 1. The van der Waals surface area contributed by atoms with E-state index in [0.29, 0.717) is 24.2 Å². The normalized spacial score (nSPS) is 12.8. The van der Waals surface area contributed by atoms with Gasteiger partial charge in [-0.25, -0.2) is 14.4 Å². The maximum absolute atomic E-state index is 14.7. The summed E-state index contributed by atoms with van der Waals surface area (Å²) in [6.07, 6.45) is 5.86. The zero-order valence-electron chi connectivity index (χ0n) is 18.0. The van der Waals surface area contributed by atoms with Crippen LogP contribution in [0.3, 0.4) is 0 Å². The van der Waals surface area contributed by atoms with Gasteiger partial charge in [0.25, 0.3) is 5.91 Å². The van der Waals surface area contributed by atoms with Gasteiger partial charge in [-0.3, -0.25) is 4.79 Å². The molecular formula is C20H26FN9O2. The second-order valence-electron chi connectivity index (χ2n) is 7.01. The molecule has 0 spiro atoms. The van der Waals surface area contributed by atoms with Crippen LogP contribution in [0.15, 0.2) is 30.7 Å². The Labute approximate surface area is 184 Å². The first-order valence-electron chi connectivity index (χ1n) is 10.1. The van der Waals surface area contributed by atoms with Crippen LogP contribution in [0, 0.1) is 5.82 Å². The Morgan fingerprint density at radius 2 is 1.94 bits per heavy atom. The lowest BCUT2D eigenvalue weighted by Crippen LogP contribution is -2.39. The van der Waals surface area contributed by atoms with Gasteiger partial charge in [0.05, 0.1) is 37.0 Å². The summed E-state index contributed by atoms with van der Waals surface area (Å²) in [5, 5.41) is 14.2. The third-order valence-corrected chi connectivity index (χ3v) is 4.91. The lowest BCUT2D eigenvalue weighted by Gasteiger charge is -2.24. The first-order chi connectivity index (χ1) is 15.4. The molecule has 3 aromatic heterocycles. The summed E-state index contributed by atoms with van der Waals surface area (Å²) in [6.45, 7) is 3.89. The molecule has 0 bridgehead atoms. The van der Waals surface area contributed by atoms with Gasteiger partial charge in [0, 0.05) is 12.1 Å². The molecule has 0 aliphatic carbocycles. The van der Waals surface area contributed by atoms with E-state index in [1.807, 2.05) is 13.8 Å². The number of rotatable bonds is 10. The van der Waals surface area contributed by atoms with E-state index in [1.54, 1.807) is 6.07 Å². The Balaban J connectivity index is 2.00. The highest BCUT2D eigenvalue weighted by Gasteiger charge is 2.21. The molecule has 6 N–H and O–H groups in total. The second kappa shape index (κ2) is 10.0. The number of nitrogens with two attached hydrogens (primary N) is 2. The highest BCUT2D eigenvalue weighted by molar-refractivity contribution is 5.98. The summed E-state index contributed by atoms with van der Waals surface area (Å²) in [7, 11) is 1.47. The van der Waals surface area contributed by atoms with E-state index in [0.717, 1.165) is 6.07 Å². The van der Waals surface area contributed by atoms with Crippen LogP contribution in [0.25, 0.3) is 5.69 Å². The SMILES string of the molecule is CCC(N)C(CC)Nc1nc(Nc2cnc(OC)c(-n3nccn3)c2)c(C(N)=O)cc1F. The number of carbonyl (C=O) groups excluding carboxylic acids is 1. The molecule has 3 aromatic rings. The standard InChI is InChI=1S/C20H26FN9O2/c1-4-14(22)15(5-2)28-19-13(21)9-12(17(23)31)18(29-19)27-11-8-16(20(32-3)24-10-11)30-25-6-7-26-30/h6-10,14-15H,4-5,22H2,1-3H3,(H2,23,31)(H2,27,28,29). The fraction of sp³-hybridized carbons (Fsp3) is 0.350. The van der Waals surface area contributed by atoms with Gasteiger partial charge in [-0.2, -0.15) is 10.2 Å². The van der Waals surface area contributed by atoms with Crippen molar-refractivity contribution in [2.24, 2.45) is 11.5 Å². The summed E-state index contributed by atoms with van der Waals surface area (Å²) in [6, 6.07) is 2.30. The Kier molecular flexibility index (Phi) is 7.15. The van der Waals surface area contributed by atoms with E-state index in [4.69, 9.17) is 16.2 Å². The minimum absolute atomic E-state index is 0.0383. The third-order valence-electron chi connectivity index (χ3n) is 4.91. The predicted octanol–water partition coefficient (Wildman–Crippen LogP) is 1.98. The maximum Gasteiger partial charge on any atom is 0.252 e. The number of hydrogen-bond donors (Lipinski definition) is 4.